The minimum atomic E-state index is -0.380. The van der Waals surface area contributed by atoms with Gasteiger partial charge in [0.1, 0.15) is 6.29 Å². The van der Waals surface area contributed by atoms with Crippen LogP contribution in [0.25, 0.3) is 0 Å². The van der Waals surface area contributed by atoms with Crippen molar-refractivity contribution in [2.45, 2.75) is 33.2 Å². The monoisotopic (exact) mass is 233 g/mol. The molecule has 3 nitrogen and oxygen atoms in total. The van der Waals surface area contributed by atoms with E-state index in [9.17, 15) is 9.59 Å². The van der Waals surface area contributed by atoms with E-state index in [1.807, 2.05) is 44.2 Å². The normalized spacial score (nSPS) is 12.2. The molecule has 0 spiro atoms. The van der Waals surface area contributed by atoms with Crippen LogP contribution in [0.15, 0.2) is 30.3 Å². The SMILES string of the molecule is CC(=O)N(c1ccccc1)[C@H](C=O)CC(C)C. The number of carbonyl (C=O) groups is 2. The van der Waals surface area contributed by atoms with Gasteiger partial charge in [0.15, 0.2) is 0 Å². The molecule has 0 saturated carbocycles. The molecule has 0 saturated heterocycles. The summed E-state index contributed by atoms with van der Waals surface area (Å²) in [5.74, 6) is 0.268. The van der Waals surface area contributed by atoms with Crippen LogP contribution in [0.2, 0.25) is 0 Å². The van der Waals surface area contributed by atoms with Crippen LogP contribution in [0.4, 0.5) is 5.69 Å². The molecule has 0 N–H and O–H groups in total. The third-order valence-electron chi connectivity index (χ3n) is 2.58. The number of anilines is 1. The summed E-state index contributed by atoms with van der Waals surface area (Å²) in [7, 11) is 0. The first-order valence-corrected chi connectivity index (χ1v) is 5.86. The second-order valence-electron chi connectivity index (χ2n) is 4.56. The predicted octanol–water partition coefficient (Wildman–Crippen LogP) is 2.65. The fraction of sp³-hybridized carbons (Fsp3) is 0.429. The van der Waals surface area contributed by atoms with E-state index in [4.69, 9.17) is 0 Å². The number of nitrogens with zero attached hydrogens (tertiary/aromatic N) is 1. The second-order valence-corrected chi connectivity index (χ2v) is 4.56. The summed E-state index contributed by atoms with van der Waals surface area (Å²) < 4.78 is 0. The summed E-state index contributed by atoms with van der Waals surface area (Å²) in [4.78, 5) is 24.4. The van der Waals surface area contributed by atoms with E-state index in [-0.39, 0.29) is 11.9 Å². The van der Waals surface area contributed by atoms with Crippen molar-refractivity contribution in [1.29, 1.82) is 0 Å². The van der Waals surface area contributed by atoms with Crippen molar-refractivity contribution in [3.63, 3.8) is 0 Å². The summed E-state index contributed by atoms with van der Waals surface area (Å²) in [6.07, 6.45) is 1.53. The van der Waals surface area contributed by atoms with E-state index >= 15 is 0 Å². The Kier molecular flexibility index (Phi) is 4.88. The van der Waals surface area contributed by atoms with Crippen LogP contribution < -0.4 is 4.90 Å². The number of rotatable bonds is 5. The molecule has 0 radical (unpaired) electrons. The van der Waals surface area contributed by atoms with Crippen LogP contribution >= 0.6 is 0 Å². The number of para-hydroxylation sites is 1. The highest BCUT2D eigenvalue weighted by molar-refractivity contribution is 5.95. The molecule has 1 amide bonds. The molecule has 3 heteroatoms. The molecular formula is C14H19NO2. The van der Waals surface area contributed by atoms with Crippen LogP contribution in [-0.4, -0.2) is 18.2 Å². The maximum atomic E-state index is 11.7. The van der Waals surface area contributed by atoms with E-state index in [1.165, 1.54) is 6.92 Å². The first-order valence-electron chi connectivity index (χ1n) is 5.86. The van der Waals surface area contributed by atoms with Crippen LogP contribution in [0, 0.1) is 5.92 Å². The van der Waals surface area contributed by atoms with Gasteiger partial charge in [-0.25, -0.2) is 0 Å². The van der Waals surface area contributed by atoms with Gasteiger partial charge >= 0.3 is 0 Å². The predicted molar refractivity (Wildman–Crippen MR) is 68.9 cm³/mol. The van der Waals surface area contributed by atoms with Gasteiger partial charge < -0.3 is 9.69 Å². The van der Waals surface area contributed by atoms with E-state index in [2.05, 4.69) is 0 Å². The Morgan fingerprint density at radius 1 is 1.29 bits per heavy atom. The van der Waals surface area contributed by atoms with Gasteiger partial charge in [0, 0.05) is 12.6 Å². The zero-order valence-electron chi connectivity index (χ0n) is 10.6. The lowest BCUT2D eigenvalue weighted by atomic mass is 10.0. The summed E-state index contributed by atoms with van der Waals surface area (Å²) >= 11 is 0. The van der Waals surface area contributed by atoms with Crippen molar-refractivity contribution in [3.05, 3.63) is 30.3 Å². The highest BCUT2D eigenvalue weighted by Crippen LogP contribution is 2.19. The second kappa shape index (κ2) is 6.18. The number of amides is 1. The van der Waals surface area contributed by atoms with E-state index in [0.717, 1.165) is 12.0 Å². The van der Waals surface area contributed by atoms with Gasteiger partial charge in [-0.1, -0.05) is 32.0 Å². The molecule has 1 atom stereocenters. The Bertz CT molecular complexity index is 373. The standard InChI is InChI=1S/C14H19NO2/c1-11(2)9-14(10-16)15(12(3)17)13-7-5-4-6-8-13/h4-8,10-11,14H,9H2,1-3H3/t14-/m0/s1. The number of aldehydes is 1. The van der Waals surface area contributed by atoms with Gasteiger partial charge in [-0.15, -0.1) is 0 Å². The summed E-state index contributed by atoms with van der Waals surface area (Å²) in [5, 5.41) is 0. The molecule has 92 valence electrons. The molecule has 0 bridgehead atoms. The molecule has 0 heterocycles. The van der Waals surface area contributed by atoms with Crippen molar-refractivity contribution in [2.24, 2.45) is 5.92 Å². The zero-order valence-corrected chi connectivity index (χ0v) is 10.6. The lowest BCUT2D eigenvalue weighted by Crippen LogP contribution is -2.41. The van der Waals surface area contributed by atoms with Crippen molar-refractivity contribution >= 4 is 17.9 Å². The largest absolute Gasteiger partial charge is 0.302 e. The Labute approximate surface area is 102 Å². The smallest absolute Gasteiger partial charge is 0.224 e. The summed E-state index contributed by atoms with van der Waals surface area (Å²) in [5.41, 5.74) is 0.776. The van der Waals surface area contributed by atoms with Crippen LogP contribution in [0.5, 0.6) is 0 Å². The molecule has 1 aromatic carbocycles. The molecule has 1 rings (SSSR count). The molecule has 0 aliphatic rings. The fourth-order valence-corrected chi connectivity index (χ4v) is 1.90. The van der Waals surface area contributed by atoms with Crippen LogP contribution in [-0.2, 0) is 9.59 Å². The first kappa shape index (κ1) is 13.4. The minimum Gasteiger partial charge on any atom is -0.302 e. The van der Waals surface area contributed by atoms with Crippen molar-refractivity contribution in [1.82, 2.24) is 0 Å². The fourth-order valence-electron chi connectivity index (χ4n) is 1.90. The molecule has 17 heavy (non-hydrogen) atoms. The maximum absolute atomic E-state index is 11.7. The Hall–Kier alpha value is -1.64. The highest BCUT2D eigenvalue weighted by Gasteiger charge is 2.22. The highest BCUT2D eigenvalue weighted by atomic mass is 16.2. The number of carbonyl (C=O) groups excluding carboxylic acids is 2. The van der Waals surface area contributed by atoms with Crippen LogP contribution in [0.3, 0.4) is 0 Å². The van der Waals surface area contributed by atoms with Gasteiger partial charge in [0.25, 0.3) is 0 Å². The lowest BCUT2D eigenvalue weighted by Gasteiger charge is -2.28. The van der Waals surface area contributed by atoms with Crippen molar-refractivity contribution in [2.75, 3.05) is 4.90 Å². The topological polar surface area (TPSA) is 37.4 Å². The Morgan fingerprint density at radius 2 is 1.88 bits per heavy atom. The van der Waals surface area contributed by atoms with Gasteiger partial charge in [0.05, 0.1) is 6.04 Å². The average molecular weight is 233 g/mol. The molecule has 0 aliphatic carbocycles. The molecule has 0 fully saturated rings. The number of hydrogen-bond acceptors (Lipinski definition) is 2. The third-order valence-corrected chi connectivity index (χ3v) is 2.58. The van der Waals surface area contributed by atoms with Gasteiger partial charge in [-0.05, 0) is 24.5 Å². The lowest BCUT2D eigenvalue weighted by molar-refractivity contribution is -0.119. The average Bonchev–Trinajstić information content (AvgIpc) is 2.28. The Morgan fingerprint density at radius 3 is 2.29 bits per heavy atom. The zero-order chi connectivity index (χ0) is 12.8. The quantitative estimate of drug-likeness (QED) is 0.733. The van der Waals surface area contributed by atoms with E-state index < -0.39 is 0 Å². The van der Waals surface area contributed by atoms with Gasteiger partial charge in [0.2, 0.25) is 5.91 Å². The number of benzene rings is 1. The van der Waals surface area contributed by atoms with Crippen molar-refractivity contribution in [3.8, 4) is 0 Å². The maximum Gasteiger partial charge on any atom is 0.224 e. The van der Waals surface area contributed by atoms with Gasteiger partial charge in [-0.2, -0.15) is 0 Å². The van der Waals surface area contributed by atoms with Crippen molar-refractivity contribution < 1.29 is 9.59 Å². The molecule has 0 aliphatic heterocycles. The van der Waals surface area contributed by atoms with Crippen LogP contribution in [0.1, 0.15) is 27.2 Å². The molecule has 0 unspecified atom stereocenters. The first-order chi connectivity index (χ1) is 8.06. The summed E-state index contributed by atoms with van der Waals surface area (Å²) in [6, 6.07) is 8.93. The number of hydrogen-bond donors (Lipinski definition) is 0. The Balaban J connectivity index is 2.99. The van der Waals surface area contributed by atoms with E-state index in [0.29, 0.717) is 12.3 Å². The third kappa shape index (κ3) is 3.70. The minimum absolute atomic E-state index is 0.103. The molecule has 1 aromatic rings. The molecular weight excluding hydrogens is 214 g/mol. The summed E-state index contributed by atoms with van der Waals surface area (Å²) in [6.45, 7) is 5.57. The van der Waals surface area contributed by atoms with E-state index in [1.54, 1.807) is 4.90 Å². The molecule has 0 aromatic heterocycles. The van der Waals surface area contributed by atoms with Gasteiger partial charge in [-0.3, -0.25) is 4.79 Å².